The molecule has 2 atom stereocenters. The molecule has 0 spiro atoms. The molecule has 2 N–H and O–H groups in total. The Labute approximate surface area is 121 Å². The Kier molecular flexibility index (Phi) is 3.49. The second-order valence-corrected chi connectivity index (χ2v) is 5.54. The molecule has 0 heterocycles. The molecule has 1 nitrogen and oxygen atoms in total. The summed E-state index contributed by atoms with van der Waals surface area (Å²) in [6, 6.07) is 13.3. The van der Waals surface area contributed by atoms with Crippen molar-refractivity contribution in [2.75, 3.05) is 6.54 Å². The summed E-state index contributed by atoms with van der Waals surface area (Å²) in [6.45, 7) is 0.690. The third kappa shape index (κ3) is 2.95. The minimum atomic E-state index is -4.29. The van der Waals surface area contributed by atoms with Crippen molar-refractivity contribution in [3.05, 3.63) is 59.7 Å². The molecular formula is C17H16F3N. The first-order valence-electron chi connectivity index (χ1n) is 6.96. The van der Waals surface area contributed by atoms with Crippen molar-refractivity contribution < 1.29 is 13.2 Å². The monoisotopic (exact) mass is 291 g/mol. The van der Waals surface area contributed by atoms with E-state index in [1.54, 1.807) is 0 Å². The van der Waals surface area contributed by atoms with Crippen LogP contribution in [-0.2, 0) is 6.18 Å². The average molecular weight is 291 g/mol. The van der Waals surface area contributed by atoms with Crippen LogP contribution in [0, 0.1) is 5.92 Å². The van der Waals surface area contributed by atoms with Gasteiger partial charge in [0.05, 0.1) is 5.56 Å². The fourth-order valence-corrected chi connectivity index (χ4v) is 2.72. The van der Waals surface area contributed by atoms with Gasteiger partial charge >= 0.3 is 6.18 Å². The third-order valence-electron chi connectivity index (χ3n) is 4.09. The van der Waals surface area contributed by atoms with Gasteiger partial charge < -0.3 is 5.73 Å². The van der Waals surface area contributed by atoms with E-state index in [0.29, 0.717) is 18.4 Å². The van der Waals surface area contributed by atoms with Crippen molar-refractivity contribution in [1.82, 2.24) is 0 Å². The first-order valence-corrected chi connectivity index (χ1v) is 6.96. The van der Waals surface area contributed by atoms with Crippen LogP contribution < -0.4 is 5.73 Å². The van der Waals surface area contributed by atoms with Crippen LogP contribution in [0.5, 0.6) is 0 Å². The van der Waals surface area contributed by atoms with Crippen molar-refractivity contribution in [1.29, 1.82) is 0 Å². The molecule has 2 aromatic carbocycles. The number of rotatable bonds is 3. The molecule has 0 aromatic heterocycles. The van der Waals surface area contributed by atoms with Gasteiger partial charge in [0, 0.05) is 0 Å². The minimum absolute atomic E-state index is 0.504. The number of alkyl halides is 3. The van der Waals surface area contributed by atoms with Crippen LogP contribution in [-0.4, -0.2) is 6.54 Å². The predicted molar refractivity (Wildman–Crippen MR) is 76.8 cm³/mol. The Hall–Kier alpha value is -1.81. The highest BCUT2D eigenvalue weighted by Crippen LogP contribution is 2.47. The third-order valence-corrected chi connectivity index (χ3v) is 4.09. The maximum atomic E-state index is 12.6. The van der Waals surface area contributed by atoms with Crippen molar-refractivity contribution in [3.8, 4) is 11.1 Å². The molecule has 4 heteroatoms. The lowest BCUT2D eigenvalue weighted by Gasteiger charge is -2.09. The van der Waals surface area contributed by atoms with Crippen LogP contribution in [0.1, 0.15) is 23.5 Å². The fourth-order valence-electron chi connectivity index (χ4n) is 2.72. The summed E-state index contributed by atoms with van der Waals surface area (Å²) in [7, 11) is 0. The van der Waals surface area contributed by atoms with E-state index in [0.717, 1.165) is 29.7 Å². The van der Waals surface area contributed by atoms with E-state index >= 15 is 0 Å². The van der Waals surface area contributed by atoms with Crippen LogP contribution in [0.25, 0.3) is 11.1 Å². The van der Waals surface area contributed by atoms with Gasteiger partial charge in [-0.3, -0.25) is 0 Å². The van der Waals surface area contributed by atoms with Gasteiger partial charge in [-0.05, 0) is 53.6 Å². The highest BCUT2D eigenvalue weighted by Gasteiger charge is 2.36. The topological polar surface area (TPSA) is 26.0 Å². The number of hydrogen-bond acceptors (Lipinski definition) is 1. The van der Waals surface area contributed by atoms with E-state index in [-0.39, 0.29) is 0 Å². The average Bonchev–Trinajstić information content (AvgIpc) is 3.26. The normalized spacial score (nSPS) is 21.3. The summed E-state index contributed by atoms with van der Waals surface area (Å²) >= 11 is 0. The molecule has 0 bridgehead atoms. The molecule has 1 saturated carbocycles. The largest absolute Gasteiger partial charge is 0.416 e. The molecule has 0 saturated heterocycles. The lowest BCUT2D eigenvalue weighted by atomic mass is 9.99. The lowest BCUT2D eigenvalue weighted by Crippen LogP contribution is -2.04. The van der Waals surface area contributed by atoms with Crippen molar-refractivity contribution in [2.24, 2.45) is 11.7 Å². The first kappa shape index (κ1) is 14.1. The van der Waals surface area contributed by atoms with E-state index in [4.69, 9.17) is 5.73 Å². The zero-order chi connectivity index (χ0) is 15.0. The van der Waals surface area contributed by atoms with E-state index in [1.165, 1.54) is 17.7 Å². The maximum Gasteiger partial charge on any atom is 0.416 e. The van der Waals surface area contributed by atoms with Crippen LogP contribution in [0.2, 0.25) is 0 Å². The summed E-state index contributed by atoms with van der Waals surface area (Å²) in [5.41, 5.74) is 8.02. The van der Waals surface area contributed by atoms with E-state index in [9.17, 15) is 13.2 Å². The Balaban J connectivity index is 1.85. The van der Waals surface area contributed by atoms with Gasteiger partial charge in [0.2, 0.25) is 0 Å². The van der Waals surface area contributed by atoms with Crippen LogP contribution in [0.15, 0.2) is 48.5 Å². The fraction of sp³-hybridized carbons (Fsp3) is 0.294. The lowest BCUT2D eigenvalue weighted by molar-refractivity contribution is -0.137. The van der Waals surface area contributed by atoms with E-state index in [2.05, 4.69) is 12.1 Å². The second-order valence-electron chi connectivity index (χ2n) is 5.54. The highest BCUT2D eigenvalue weighted by molar-refractivity contribution is 5.65. The summed E-state index contributed by atoms with van der Waals surface area (Å²) in [4.78, 5) is 0. The molecule has 1 aliphatic carbocycles. The summed E-state index contributed by atoms with van der Waals surface area (Å²) < 4.78 is 37.7. The number of nitrogens with two attached hydrogens (primary N) is 1. The summed E-state index contributed by atoms with van der Waals surface area (Å²) in [5.74, 6) is 1.05. The van der Waals surface area contributed by atoms with Crippen molar-refractivity contribution in [3.63, 3.8) is 0 Å². The minimum Gasteiger partial charge on any atom is -0.330 e. The molecule has 0 unspecified atom stereocenters. The summed E-state index contributed by atoms with van der Waals surface area (Å²) in [6.07, 6.45) is -3.18. The molecule has 1 fully saturated rings. The highest BCUT2D eigenvalue weighted by atomic mass is 19.4. The van der Waals surface area contributed by atoms with Gasteiger partial charge in [-0.15, -0.1) is 0 Å². The molecule has 1 aliphatic rings. The van der Waals surface area contributed by atoms with Crippen LogP contribution in [0.3, 0.4) is 0 Å². The quantitative estimate of drug-likeness (QED) is 0.889. The SMILES string of the molecule is NC[C@@H]1C[C@H]1c1cccc(-c2ccc(C(F)(F)F)cc2)c1. The zero-order valence-electron chi connectivity index (χ0n) is 11.4. The molecule has 3 rings (SSSR count). The number of halogens is 3. The molecule has 0 radical (unpaired) electrons. The molecule has 2 aromatic rings. The Morgan fingerprint density at radius 2 is 1.71 bits per heavy atom. The molecule has 0 amide bonds. The van der Waals surface area contributed by atoms with E-state index in [1.807, 2.05) is 12.1 Å². The van der Waals surface area contributed by atoms with Gasteiger partial charge in [0.25, 0.3) is 0 Å². The number of hydrogen-bond donors (Lipinski definition) is 1. The first-order chi connectivity index (χ1) is 9.99. The second kappa shape index (κ2) is 5.19. The summed E-state index contributed by atoms with van der Waals surface area (Å²) in [5, 5.41) is 0. The molecule has 0 aliphatic heterocycles. The predicted octanol–water partition coefficient (Wildman–Crippen LogP) is 4.43. The van der Waals surface area contributed by atoms with Gasteiger partial charge in [0.15, 0.2) is 0 Å². The standard InChI is InChI=1S/C17H16F3N/c18-17(19,20)15-6-4-11(5-7-15)12-2-1-3-13(8-12)16-9-14(16)10-21/h1-8,14,16H,9-10,21H2/t14-,16-/m0/s1. The Morgan fingerprint density at radius 1 is 1.00 bits per heavy atom. The van der Waals surface area contributed by atoms with Gasteiger partial charge in [-0.2, -0.15) is 13.2 Å². The van der Waals surface area contributed by atoms with Crippen molar-refractivity contribution >= 4 is 0 Å². The van der Waals surface area contributed by atoms with Crippen molar-refractivity contribution in [2.45, 2.75) is 18.5 Å². The Morgan fingerprint density at radius 3 is 2.29 bits per heavy atom. The van der Waals surface area contributed by atoms with Crippen LogP contribution in [0.4, 0.5) is 13.2 Å². The van der Waals surface area contributed by atoms with Gasteiger partial charge in [-0.1, -0.05) is 36.4 Å². The Bertz CT molecular complexity index is 631. The van der Waals surface area contributed by atoms with Gasteiger partial charge in [0.1, 0.15) is 0 Å². The molecule has 21 heavy (non-hydrogen) atoms. The van der Waals surface area contributed by atoms with Gasteiger partial charge in [-0.25, -0.2) is 0 Å². The molecular weight excluding hydrogens is 275 g/mol. The smallest absolute Gasteiger partial charge is 0.330 e. The zero-order valence-corrected chi connectivity index (χ0v) is 11.4. The van der Waals surface area contributed by atoms with Crippen LogP contribution >= 0.6 is 0 Å². The number of benzene rings is 2. The molecule has 110 valence electrons. The maximum absolute atomic E-state index is 12.6. The van der Waals surface area contributed by atoms with E-state index < -0.39 is 11.7 Å².